The van der Waals surface area contributed by atoms with Gasteiger partial charge in [0.2, 0.25) is 11.6 Å². The lowest BCUT2D eigenvalue weighted by Gasteiger charge is -2.38. The summed E-state index contributed by atoms with van der Waals surface area (Å²) < 4.78 is 0. The molecule has 142 valence electrons. The van der Waals surface area contributed by atoms with Gasteiger partial charge in [-0.25, -0.2) is 0 Å². The highest BCUT2D eigenvalue weighted by Gasteiger charge is 2.35. The molecule has 7 heteroatoms. The Bertz CT molecular complexity index is 1020. The van der Waals surface area contributed by atoms with E-state index in [0.29, 0.717) is 47.9 Å². The normalized spacial score (nSPS) is 17.1. The van der Waals surface area contributed by atoms with Gasteiger partial charge in [-0.05, 0) is 18.2 Å². The number of carbonyl (C=O) groups excluding carboxylic acids is 3. The fourth-order valence-corrected chi connectivity index (χ4v) is 4.05. The molecule has 2 aromatic rings. The van der Waals surface area contributed by atoms with Crippen LogP contribution < -0.4 is 0 Å². The van der Waals surface area contributed by atoms with Crippen LogP contribution in [0.25, 0.3) is 0 Å². The fourth-order valence-electron chi connectivity index (χ4n) is 3.55. The van der Waals surface area contributed by atoms with E-state index < -0.39 is 0 Å². The standard InChI is InChI=1S/C21H16Cl2N2O3/c22-14-5-3-4-13(12-14)21(28)25-10-8-24(9-11-25)18-17(23)19(26)15-6-1-2-7-16(15)20(18)27/h1-7,12H,8-11H2. The molecule has 0 N–H and O–H groups in total. The molecule has 0 unspecified atom stereocenters. The summed E-state index contributed by atoms with van der Waals surface area (Å²) in [5.74, 6) is -0.710. The average Bonchev–Trinajstić information content (AvgIpc) is 2.72. The number of ketones is 2. The van der Waals surface area contributed by atoms with Crippen molar-refractivity contribution < 1.29 is 14.4 Å². The van der Waals surface area contributed by atoms with Crippen molar-refractivity contribution in [3.63, 3.8) is 0 Å². The van der Waals surface area contributed by atoms with Gasteiger partial charge in [0.25, 0.3) is 5.91 Å². The number of halogens is 2. The predicted octanol–water partition coefficient (Wildman–Crippen LogP) is 3.63. The molecule has 1 amide bonds. The molecule has 1 saturated heterocycles. The number of piperazine rings is 1. The molecule has 1 fully saturated rings. The molecule has 1 aliphatic carbocycles. The number of carbonyl (C=O) groups is 3. The molecule has 5 nitrogen and oxygen atoms in total. The minimum atomic E-state index is -0.343. The first-order valence-corrected chi connectivity index (χ1v) is 9.61. The van der Waals surface area contributed by atoms with Crippen molar-refractivity contribution in [2.75, 3.05) is 26.2 Å². The van der Waals surface area contributed by atoms with Crippen LogP contribution in [-0.2, 0) is 0 Å². The molecule has 0 spiro atoms. The molecule has 0 saturated carbocycles. The molecule has 0 radical (unpaired) electrons. The monoisotopic (exact) mass is 414 g/mol. The topological polar surface area (TPSA) is 57.7 Å². The van der Waals surface area contributed by atoms with Crippen LogP contribution in [0, 0.1) is 0 Å². The van der Waals surface area contributed by atoms with Crippen LogP contribution in [-0.4, -0.2) is 53.5 Å². The van der Waals surface area contributed by atoms with Gasteiger partial charge < -0.3 is 9.80 Å². The third-order valence-electron chi connectivity index (χ3n) is 4.99. The Hall–Kier alpha value is -2.63. The number of hydrogen-bond acceptors (Lipinski definition) is 4. The van der Waals surface area contributed by atoms with Crippen LogP contribution in [0.4, 0.5) is 0 Å². The summed E-state index contributed by atoms with van der Waals surface area (Å²) in [4.78, 5) is 41.6. The van der Waals surface area contributed by atoms with Gasteiger partial charge in [-0.15, -0.1) is 0 Å². The minimum absolute atomic E-state index is 0.0571. The molecular formula is C21H16Cl2N2O3. The van der Waals surface area contributed by atoms with Crippen molar-refractivity contribution in [3.05, 3.63) is 81.0 Å². The predicted molar refractivity (Wildman–Crippen MR) is 107 cm³/mol. The summed E-state index contributed by atoms with van der Waals surface area (Å²) in [6.45, 7) is 1.67. The van der Waals surface area contributed by atoms with Gasteiger partial charge in [-0.1, -0.05) is 53.5 Å². The SMILES string of the molecule is O=C1C(Cl)=C(N2CCN(C(=O)c3cccc(Cl)c3)CC2)C(=O)c2ccccc21. The summed E-state index contributed by atoms with van der Waals surface area (Å²) in [5.41, 5.74) is 1.44. The molecule has 1 aliphatic heterocycles. The van der Waals surface area contributed by atoms with Crippen LogP contribution in [0.3, 0.4) is 0 Å². The van der Waals surface area contributed by atoms with Crippen LogP contribution in [0.1, 0.15) is 31.1 Å². The summed E-state index contributed by atoms with van der Waals surface area (Å²) in [6.07, 6.45) is 0. The molecule has 2 aromatic carbocycles. The third kappa shape index (κ3) is 3.21. The largest absolute Gasteiger partial charge is 0.363 e. The molecule has 0 bridgehead atoms. The zero-order valence-electron chi connectivity index (χ0n) is 14.8. The molecule has 0 atom stereocenters. The van der Waals surface area contributed by atoms with E-state index in [0.717, 1.165) is 0 Å². The van der Waals surface area contributed by atoms with Gasteiger partial charge in [0.05, 0.1) is 0 Å². The van der Waals surface area contributed by atoms with Gasteiger partial charge in [0.1, 0.15) is 10.7 Å². The molecule has 2 aliphatic rings. The third-order valence-corrected chi connectivity index (χ3v) is 5.58. The first-order valence-electron chi connectivity index (χ1n) is 8.85. The van der Waals surface area contributed by atoms with Gasteiger partial charge in [-0.3, -0.25) is 14.4 Å². The number of amides is 1. The lowest BCUT2D eigenvalue weighted by Crippen LogP contribution is -2.50. The molecule has 4 rings (SSSR count). The van der Waals surface area contributed by atoms with E-state index in [4.69, 9.17) is 23.2 Å². The van der Waals surface area contributed by atoms with Crippen molar-refractivity contribution in [2.45, 2.75) is 0 Å². The number of rotatable bonds is 2. The van der Waals surface area contributed by atoms with E-state index >= 15 is 0 Å². The lowest BCUT2D eigenvalue weighted by atomic mass is 9.91. The Morgan fingerprint density at radius 3 is 2.11 bits per heavy atom. The van der Waals surface area contributed by atoms with Crippen molar-refractivity contribution in [2.24, 2.45) is 0 Å². The second-order valence-electron chi connectivity index (χ2n) is 6.66. The first kappa shape index (κ1) is 18.7. The Morgan fingerprint density at radius 2 is 1.46 bits per heavy atom. The highest BCUT2D eigenvalue weighted by Crippen LogP contribution is 2.31. The van der Waals surface area contributed by atoms with E-state index in [1.807, 2.05) is 0 Å². The Balaban J connectivity index is 1.52. The van der Waals surface area contributed by atoms with Crippen LogP contribution >= 0.6 is 23.2 Å². The van der Waals surface area contributed by atoms with E-state index in [-0.39, 0.29) is 28.2 Å². The van der Waals surface area contributed by atoms with E-state index in [1.165, 1.54) is 0 Å². The average molecular weight is 415 g/mol. The summed E-state index contributed by atoms with van der Waals surface area (Å²) in [6, 6.07) is 13.5. The van der Waals surface area contributed by atoms with E-state index in [1.54, 1.807) is 58.3 Å². The smallest absolute Gasteiger partial charge is 0.254 e. The zero-order valence-corrected chi connectivity index (χ0v) is 16.3. The Kier molecular flexibility index (Phi) is 4.96. The van der Waals surface area contributed by atoms with E-state index in [9.17, 15) is 14.4 Å². The van der Waals surface area contributed by atoms with Crippen molar-refractivity contribution in [1.82, 2.24) is 9.80 Å². The summed E-state index contributed by atoms with van der Waals surface area (Å²) in [5, 5.41) is 0.449. The number of hydrogen-bond donors (Lipinski definition) is 0. The van der Waals surface area contributed by atoms with Crippen LogP contribution in [0.2, 0.25) is 5.02 Å². The van der Waals surface area contributed by atoms with Crippen molar-refractivity contribution >= 4 is 40.7 Å². The zero-order chi connectivity index (χ0) is 19.8. The van der Waals surface area contributed by atoms with Gasteiger partial charge >= 0.3 is 0 Å². The maximum absolute atomic E-state index is 12.9. The highest BCUT2D eigenvalue weighted by molar-refractivity contribution is 6.49. The maximum atomic E-state index is 12.9. The van der Waals surface area contributed by atoms with Gasteiger partial charge in [0.15, 0.2) is 0 Å². The molecule has 0 aromatic heterocycles. The first-order chi connectivity index (χ1) is 13.5. The molecular weight excluding hydrogens is 399 g/mol. The fraction of sp³-hybridized carbons (Fsp3) is 0.190. The van der Waals surface area contributed by atoms with Crippen LogP contribution in [0.5, 0.6) is 0 Å². The van der Waals surface area contributed by atoms with Gasteiger partial charge in [0, 0.05) is 47.9 Å². The number of allylic oxidation sites excluding steroid dienone is 2. The second kappa shape index (κ2) is 7.41. The number of fused-ring (bicyclic) bond motifs is 1. The molecule has 28 heavy (non-hydrogen) atoms. The number of Topliss-reactive ketones (excluding diaryl/α,β-unsaturated/α-hetero) is 2. The van der Waals surface area contributed by atoms with Gasteiger partial charge in [-0.2, -0.15) is 0 Å². The minimum Gasteiger partial charge on any atom is -0.363 e. The maximum Gasteiger partial charge on any atom is 0.254 e. The Labute approximate surface area is 172 Å². The highest BCUT2D eigenvalue weighted by atomic mass is 35.5. The summed E-state index contributed by atoms with van der Waals surface area (Å²) in [7, 11) is 0. The van der Waals surface area contributed by atoms with E-state index in [2.05, 4.69) is 0 Å². The second-order valence-corrected chi connectivity index (χ2v) is 7.47. The Morgan fingerprint density at radius 1 is 0.821 bits per heavy atom. The van der Waals surface area contributed by atoms with Crippen molar-refractivity contribution in [3.8, 4) is 0 Å². The molecule has 1 heterocycles. The lowest BCUT2D eigenvalue weighted by molar-refractivity contribution is 0.0658. The number of benzene rings is 2. The number of nitrogens with zero attached hydrogens (tertiary/aromatic N) is 2. The quantitative estimate of drug-likeness (QED) is 0.752. The van der Waals surface area contributed by atoms with Crippen molar-refractivity contribution in [1.29, 1.82) is 0 Å². The van der Waals surface area contributed by atoms with Crippen LogP contribution in [0.15, 0.2) is 59.3 Å². The summed E-state index contributed by atoms with van der Waals surface area (Å²) >= 11 is 12.2.